The summed E-state index contributed by atoms with van der Waals surface area (Å²) in [5.74, 6) is -0.798. The van der Waals surface area contributed by atoms with Crippen molar-refractivity contribution < 1.29 is 14.3 Å². The maximum Gasteiger partial charge on any atom is 0.337 e. The van der Waals surface area contributed by atoms with E-state index in [-0.39, 0.29) is 17.4 Å². The van der Waals surface area contributed by atoms with Crippen molar-refractivity contribution in [2.75, 3.05) is 12.4 Å². The first-order valence-corrected chi connectivity index (χ1v) is 11.3. The number of alkyl halides is 3. The molecule has 1 atom stereocenters. The van der Waals surface area contributed by atoms with Crippen LogP contribution in [0.1, 0.15) is 15.9 Å². The van der Waals surface area contributed by atoms with Crippen LogP contribution < -0.4 is 16.0 Å². The summed E-state index contributed by atoms with van der Waals surface area (Å²) in [6.45, 7) is 0. The van der Waals surface area contributed by atoms with E-state index in [0.29, 0.717) is 11.3 Å². The van der Waals surface area contributed by atoms with E-state index in [9.17, 15) is 9.59 Å². The molecule has 0 unspecified atom stereocenters. The van der Waals surface area contributed by atoms with Crippen molar-refractivity contribution in [3.05, 3.63) is 77.9 Å². The summed E-state index contributed by atoms with van der Waals surface area (Å²) < 4.78 is 2.79. The first kappa shape index (κ1) is 25.1. The molecular weight excluding hydrogens is 505 g/mol. The predicted molar refractivity (Wildman–Crippen MR) is 137 cm³/mol. The van der Waals surface area contributed by atoms with Gasteiger partial charge in [-0.05, 0) is 52.8 Å². The van der Waals surface area contributed by atoms with E-state index < -0.39 is 15.9 Å². The Labute approximate surface area is 211 Å². The summed E-state index contributed by atoms with van der Waals surface area (Å²) in [5.41, 5.74) is 1.83. The number of esters is 1. The average molecular weight is 525 g/mol. The normalized spacial score (nSPS) is 12.0. The molecule has 33 heavy (non-hydrogen) atoms. The number of hydrogen-bond donors (Lipinski definition) is 3. The SMILES string of the molecule is COC(=O)c1ccc(NC(=S)N[C@@H](NC(=O)Cc2cccc3ccccc23)C(Cl)(Cl)Cl)cc1. The van der Waals surface area contributed by atoms with Crippen LogP contribution in [-0.2, 0) is 16.0 Å². The lowest BCUT2D eigenvalue weighted by atomic mass is 10.0. The standard InChI is InChI=1S/C23H20Cl3N3O3S/c1-32-20(31)15-9-11-17(12-10-15)27-22(33)29-21(23(24,25)26)28-19(30)13-16-7-4-6-14-5-2-3-8-18(14)16/h2-12,21H,13H2,1H3,(H,28,30)(H2,27,29,33)/t21-/m1/s1. The molecule has 3 aromatic carbocycles. The van der Waals surface area contributed by atoms with Crippen LogP contribution in [0.3, 0.4) is 0 Å². The summed E-state index contributed by atoms with van der Waals surface area (Å²) in [7, 11) is 1.30. The van der Waals surface area contributed by atoms with Gasteiger partial charge in [0.1, 0.15) is 6.17 Å². The van der Waals surface area contributed by atoms with Crippen molar-refractivity contribution in [3.63, 3.8) is 0 Å². The van der Waals surface area contributed by atoms with Gasteiger partial charge in [-0.3, -0.25) is 4.79 Å². The van der Waals surface area contributed by atoms with Crippen molar-refractivity contribution >= 4 is 80.5 Å². The number of methoxy groups -OCH3 is 1. The number of thiocarbonyl (C=S) groups is 1. The number of anilines is 1. The molecule has 1 amide bonds. The molecule has 0 bridgehead atoms. The zero-order valence-electron chi connectivity index (χ0n) is 17.4. The van der Waals surface area contributed by atoms with Gasteiger partial charge in [-0.15, -0.1) is 0 Å². The van der Waals surface area contributed by atoms with E-state index in [1.165, 1.54) is 7.11 Å². The third kappa shape index (κ3) is 6.95. The molecule has 172 valence electrons. The van der Waals surface area contributed by atoms with Gasteiger partial charge in [0.2, 0.25) is 9.70 Å². The molecule has 0 aromatic heterocycles. The molecule has 0 spiro atoms. The second-order valence-electron chi connectivity index (χ2n) is 7.02. The molecule has 3 N–H and O–H groups in total. The molecule has 0 saturated heterocycles. The highest BCUT2D eigenvalue weighted by atomic mass is 35.6. The summed E-state index contributed by atoms with van der Waals surface area (Å²) in [6.07, 6.45) is -1.01. The molecule has 0 radical (unpaired) electrons. The minimum Gasteiger partial charge on any atom is -0.465 e. The third-order valence-corrected chi connectivity index (χ3v) is 5.58. The number of ether oxygens (including phenoxy) is 1. The first-order chi connectivity index (χ1) is 15.7. The van der Waals surface area contributed by atoms with E-state index in [1.54, 1.807) is 24.3 Å². The van der Waals surface area contributed by atoms with Gasteiger partial charge in [0.05, 0.1) is 19.1 Å². The zero-order valence-corrected chi connectivity index (χ0v) is 20.5. The Hall–Kier alpha value is -2.58. The molecule has 3 rings (SSSR count). The second kappa shape index (κ2) is 11.0. The Morgan fingerprint density at radius 3 is 2.30 bits per heavy atom. The maximum atomic E-state index is 12.7. The van der Waals surface area contributed by atoms with Gasteiger partial charge in [-0.25, -0.2) is 4.79 Å². The number of amides is 1. The topological polar surface area (TPSA) is 79.5 Å². The van der Waals surface area contributed by atoms with Crippen molar-refractivity contribution in [1.29, 1.82) is 0 Å². The number of benzene rings is 3. The van der Waals surface area contributed by atoms with Crippen molar-refractivity contribution in [3.8, 4) is 0 Å². The molecule has 0 aliphatic rings. The second-order valence-corrected chi connectivity index (χ2v) is 9.80. The fourth-order valence-corrected chi connectivity index (χ4v) is 3.70. The zero-order chi connectivity index (χ0) is 24.0. The Bertz CT molecular complexity index is 1160. The quantitative estimate of drug-likeness (QED) is 0.183. The van der Waals surface area contributed by atoms with Crippen molar-refractivity contribution in [1.82, 2.24) is 10.6 Å². The lowest BCUT2D eigenvalue weighted by Crippen LogP contribution is -2.56. The number of nitrogens with one attached hydrogen (secondary N) is 3. The van der Waals surface area contributed by atoms with E-state index in [4.69, 9.17) is 47.0 Å². The van der Waals surface area contributed by atoms with Gasteiger partial charge in [-0.1, -0.05) is 77.3 Å². The Balaban J connectivity index is 1.65. The number of carbonyl (C=O) groups excluding carboxylic acids is 2. The number of hydrogen-bond acceptors (Lipinski definition) is 4. The van der Waals surface area contributed by atoms with Gasteiger partial charge in [0, 0.05) is 5.69 Å². The number of rotatable bonds is 6. The molecule has 6 nitrogen and oxygen atoms in total. The molecular formula is C23H20Cl3N3O3S. The Kier molecular flexibility index (Phi) is 8.37. The van der Waals surface area contributed by atoms with Crippen LogP contribution in [0.4, 0.5) is 5.69 Å². The van der Waals surface area contributed by atoms with Crippen LogP contribution in [0, 0.1) is 0 Å². The van der Waals surface area contributed by atoms with Crippen LogP contribution in [-0.4, -0.2) is 34.1 Å². The van der Waals surface area contributed by atoms with E-state index in [1.807, 2.05) is 42.5 Å². The Morgan fingerprint density at radius 1 is 0.970 bits per heavy atom. The van der Waals surface area contributed by atoms with E-state index in [2.05, 4.69) is 20.7 Å². The minimum atomic E-state index is -1.88. The average Bonchev–Trinajstić information content (AvgIpc) is 2.78. The van der Waals surface area contributed by atoms with Gasteiger partial charge in [-0.2, -0.15) is 0 Å². The molecule has 3 aromatic rings. The molecule has 0 aliphatic carbocycles. The van der Waals surface area contributed by atoms with Crippen LogP contribution in [0.5, 0.6) is 0 Å². The van der Waals surface area contributed by atoms with Crippen LogP contribution >= 0.6 is 47.0 Å². The van der Waals surface area contributed by atoms with Gasteiger partial charge in [0.25, 0.3) is 0 Å². The largest absolute Gasteiger partial charge is 0.465 e. The molecule has 0 aliphatic heterocycles. The van der Waals surface area contributed by atoms with Crippen molar-refractivity contribution in [2.45, 2.75) is 16.4 Å². The van der Waals surface area contributed by atoms with Gasteiger partial charge < -0.3 is 20.7 Å². The fraction of sp³-hybridized carbons (Fsp3) is 0.174. The van der Waals surface area contributed by atoms with Crippen LogP contribution in [0.2, 0.25) is 0 Å². The van der Waals surface area contributed by atoms with Gasteiger partial charge in [0.15, 0.2) is 5.11 Å². The van der Waals surface area contributed by atoms with Crippen molar-refractivity contribution in [2.24, 2.45) is 0 Å². The Morgan fingerprint density at radius 2 is 1.64 bits per heavy atom. The smallest absolute Gasteiger partial charge is 0.337 e. The van der Waals surface area contributed by atoms with E-state index in [0.717, 1.165) is 16.3 Å². The number of carbonyl (C=O) groups is 2. The minimum absolute atomic E-state index is 0.0927. The summed E-state index contributed by atoms with van der Waals surface area (Å²) in [5, 5.41) is 10.5. The fourth-order valence-electron chi connectivity index (χ4n) is 3.14. The maximum absolute atomic E-state index is 12.7. The van der Waals surface area contributed by atoms with E-state index >= 15 is 0 Å². The third-order valence-electron chi connectivity index (χ3n) is 4.70. The summed E-state index contributed by atoms with van der Waals surface area (Å²) >= 11 is 23.5. The predicted octanol–water partition coefficient (Wildman–Crippen LogP) is 4.97. The molecule has 0 saturated carbocycles. The molecule has 10 heteroatoms. The summed E-state index contributed by atoms with van der Waals surface area (Å²) in [4.78, 5) is 24.3. The van der Waals surface area contributed by atoms with Crippen LogP contribution in [0.25, 0.3) is 10.8 Å². The first-order valence-electron chi connectivity index (χ1n) is 9.76. The number of fused-ring (bicyclic) bond motifs is 1. The highest BCUT2D eigenvalue weighted by molar-refractivity contribution is 7.80. The summed E-state index contributed by atoms with van der Waals surface area (Å²) in [6, 6.07) is 20.0. The lowest BCUT2D eigenvalue weighted by molar-refractivity contribution is -0.121. The monoisotopic (exact) mass is 523 g/mol. The highest BCUT2D eigenvalue weighted by Gasteiger charge is 2.34. The highest BCUT2D eigenvalue weighted by Crippen LogP contribution is 2.29. The lowest BCUT2D eigenvalue weighted by Gasteiger charge is -2.28. The number of halogens is 3. The molecule has 0 fully saturated rings. The molecule has 0 heterocycles. The van der Waals surface area contributed by atoms with Crippen LogP contribution in [0.15, 0.2) is 66.7 Å². The van der Waals surface area contributed by atoms with Gasteiger partial charge >= 0.3 is 5.97 Å².